The smallest absolute Gasteiger partial charge is 0.232 e. The van der Waals surface area contributed by atoms with Crippen molar-refractivity contribution in [1.29, 1.82) is 0 Å². The summed E-state index contributed by atoms with van der Waals surface area (Å²) in [5.41, 5.74) is 0. The number of halogens is 1. The number of rotatable bonds is 6. The standard InChI is InChI=1S/C17H24N2OS.ClH/c20-17(13-21-16-4-2-1-3-5-16)19-10-8-15(9-11-19)18-12-14-6-7-14;/h1-5,14-15,18H,6-13H2;1H. The summed E-state index contributed by atoms with van der Waals surface area (Å²) in [5, 5.41) is 3.66. The number of amides is 1. The molecule has 5 heteroatoms. The molecule has 1 aliphatic carbocycles. The molecule has 0 aromatic heterocycles. The molecule has 22 heavy (non-hydrogen) atoms. The normalized spacial score (nSPS) is 18.8. The Morgan fingerprint density at radius 2 is 1.82 bits per heavy atom. The molecule has 1 N–H and O–H groups in total. The Labute approximate surface area is 143 Å². The molecule has 0 atom stereocenters. The van der Waals surface area contributed by atoms with Crippen molar-refractivity contribution in [2.24, 2.45) is 5.92 Å². The Hall–Kier alpha value is -0.710. The number of piperidine rings is 1. The SMILES string of the molecule is Cl.O=C(CSc1ccccc1)N1CCC(NCC2CC2)CC1. The van der Waals surface area contributed by atoms with Crippen molar-refractivity contribution in [3.8, 4) is 0 Å². The first kappa shape index (κ1) is 17.6. The highest BCUT2D eigenvalue weighted by Gasteiger charge is 2.25. The van der Waals surface area contributed by atoms with Crippen LogP contribution in [0.25, 0.3) is 0 Å². The van der Waals surface area contributed by atoms with Gasteiger partial charge in [0.05, 0.1) is 5.75 Å². The van der Waals surface area contributed by atoms with Crippen LogP contribution in [0.4, 0.5) is 0 Å². The fourth-order valence-electron chi connectivity index (χ4n) is 2.74. The van der Waals surface area contributed by atoms with Crippen LogP contribution in [0.5, 0.6) is 0 Å². The number of thioether (sulfide) groups is 1. The van der Waals surface area contributed by atoms with Gasteiger partial charge in [0.25, 0.3) is 0 Å². The van der Waals surface area contributed by atoms with Gasteiger partial charge in [-0.05, 0) is 50.3 Å². The highest BCUT2D eigenvalue weighted by atomic mass is 35.5. The maximum atomic E-state index is 12.2. The molecule has 0 spiro atoms. The van der Waals surface area contributed by atoms with Crippen LogP contribution in [0.15, 0.2) is 35.2 Å². The van der Waals surface area contributed by atoms with Gasteiger partial charge in [0, 0.05) is 24.0 Å². The van der Waals surface area contributed by atoms with Crippen molar-refractivity contribution in [2.45, 2.75) is 36.6 Å². The molecule has 1 aromatic carbocycles. The van der Waals surface area contributed by atoms with Crippen LogP contribution >= 0.6 is 24.2 Å². The third-order valence-electron chi connectivity index (χ3n) is 4.35. The summed E-state index contributed by atoms with van der Waals surface area (Å²) in [7, 11) is 0. The second-order valence-corrected chi connectivity index (χ2v) is 7.16. The molecule has 1 aromatic rings. The van der Waals surface area contributed by atoms with E-state index in [0.29, 0.717) is 11.8 Å². The number of likely N-dealkylation sites (tertiary alicyclic amines) is 1. The van der Waals surface area contributed by atoms with E-state index in [0.717, 1.165) is 31.8 Å². The highest BCUT2D eigenvalue weighted by Crippen LogP contribution is 2.28. The predicted molar refractivity (Wildman–Crippen MR) is 94.7 cm³/mol. The van der Waals surface area contributed by atoms with Gasteiger partial charge in [-0.25, -0.2) is 0 Å². The van der Waals surface area contributed by atoms with Crippen LogP contribution < -0.4 is 5.32 Å². The van der Waals surface area contributed by atoms with Gasteiger partial charge in [-0.3, -0.25) is 4.79 Å². The van der Waals surface area contributed by atoms with Gasteiger partial charge in [-0.15, -0.1) is 24.2 Å². The Balaban J connectivity index is 0.00000176. The first-order valence-corrected chi connectivity index (χ1v) is 8.99. The van der Waals surface area contributed by atoms with Crippen LogP contribution in [0.2, 0.25) is 0 Å². The van der Waals surface area contributed by atoms with E-state index in [1.165, 1.54) is 24.3 Å². The van der Waals surface area contributed by atoms with E-state index >= 15 is 0 Å². The Kier molecular flexibility index (Phi) is 7.06. The van der Waals surface area contributed by atoms with E-state index < -0.39 is 0 Å². The van der Waals surface area contributed by atoms with E-state index in [-0.39, 0.29) is 18.3 Å². The Bertz CT molecular complexity index is 459. The lowest BCUT2D eigenvalue weighted by Gasteiger charge is -2.32. The molecule has 1 saturated heterocycles. The molecular weight excluding hydrogens is 316 g/mol. The summed E-state index contributed by atoms with van der Waals surface area (Å²) >= 11 is 1.64. The molecule has 0 unspecified atom stereocenters. The molecule has 1 amide bonds. The van der Waals surface area contributed by atoms with Crippen molar-refractivity contribution in [2.75, 3.05) is 25.4 Å². The summed E-state index contributed by atoms with van der Waals surface area (Å²) < 4.78 is 0. The van der Waals surface area contributed by atoms with Gasteiger partial charge in [0.1, 0.15) is 0 Å². The first-order valence-electron chi connectivity index (χ1n) is 8.00. The van der Waals surface area contributed by atoms with Crippen LogP contribution in [0.3, 0.4) is 0 Å². The molecule has 1 saturated carbocycles. The van der Waals surface area contributed by atoms with E-state index in [4.69, 9.17) is 0 Å². The third kappa shape index (κ3) is 5.49. The molecule has 3 nitrogen and oxygen atoms in total. The zero-order valence-corrected chi connectivity index (χ0v) is 14.5. The molecule has 0 radical (unpaired) electrons. The number of nitrogens with one attached hydrogen (secondary N) is 1. The van der Waals surface area contributed by atoms with E-state index in [2.05, 4.69) is 17.4 Å². The fourth-order valence-corrected chi connectivity index (χ4v) is 3.56. The van der Waals surface area contributed by atoms with Crippen molar-refractivity contribution in [1.82, 2.24) is 10.2 Å². The summed E-state index contributed by atoms with van der Waals surface area (Å²) in [5.74, 6) is 1.78. The molecule has 1 aliphatic heterocycles. The molecule has 0 bridgehead atoms. The quantitative estimate of drug-likeness (QED) is 0.807. The van der Waals surface area contributed by atoms with E-state index in [1.54, 1.807) is 11.8 Å². The summed E-state index contributed by atoms with van der Waals surface area (Å²) in [6, 6.07) is 10.8. The van der Waals surface area contributed by atoms with Crippen LogP contribution in [0.1, 0.15) is 25.7 Å². The molecule has 2 aliphatic rings. The number of nitrogens with zero attached hydrogens (tertiary/aromatic N) is 1. The van der Waals surface area contributed by atoms with Gasteiger partial charge in [-0.2, -0.15) is 0 Å². The van der Waals surface area contributed by atoms with E-state index in [9.17, 15) is 4.79 Å². The minimum absolute atomic E-state index is 0. The number of benzene rings is 1. The van der Waals surface area contributed by atoms with Crippen molar-refractivity contribution >= 4 is 30.1 Å². The van der Waals surface area contributed by atoms with Gasteiger partial charge >= 0.3 is 0 Å². The minimum atomic E-state index is 0. The topological polar surface area (TPSA) is 32.3 Å². The van der Waals surface area contributed by atoms with Crippen molar-refractivity contribution in [3.63, 3.8) is 0 Å². The second-order valence-electron chi connectivity index (χ2n) is 6.11. The lowest BCUT2D eigenvalue weighted by molar-refractivity contribution is -0.129. The average Bonchev–Trinajstić information content (AvgIpc) is 3.36. The minimum Gasteiger partial charge on any atom is -0.342 e. The molecule has 3 rings (SSSR count). The summed E-state index contributed by atoms with van der Waals surface area (Å²) in [6.45, 7) is 3.01. The summed E-state index contributed by atoms with van der Waals surface area (Å²) in [6.07, 6.45) is 5.02. The number of carbonyl (C=O) groups excluding carboxylic acids is 1. The summed E-state index contributed by atoms with van der Waals surface area (Å²) in [4.78, 5) is 15.4. The maximum Gasteiger partial charge on any atom is 0.232 e. The average molecular weight is 341 g/mol. The van der Waals surface area contributed by atoms with Gasteiger partial charge in [0.2, 0.25) is 5.91 Å². The maximum absolute atomic E-state index is 12.2. The van der Waals surface area contributed by atoms with Gasteiger partial charge < -0.3 is 10.2 Å². The zero-order valence-electron chi connectivity index (χ0n) is 12.9. The van der Waals surface area contributed by atoms with Crippen LogP contribution in [-0.2, 0) is 4.79 Å². The number of hydrogen-bond donors (Lipinski definition) is 1. The predicted octanol–water partition coefficient (Wildman–Crippen LogP) is 3.19. The third-order valence-corrected chi connectivity index (χ3v) is 5.34. The van der Waals surface area contributed by atoms with Crippen molar-refractivity contribution in [3.05, 3.63) is 30.3 Å². The van der Waals surface area contributed by atoms with Crippen molar-refractivity contribution < 1.29 is 4.79 Å². The Morgan fingerprint density at radius 3 is 2.45 bits per heavy atom. The molecule has 122 valence electrons. The number of carbonyl (C=O) groups is 1. The lowest BCUT2D eigenvalue weighted by Crippen LogP contribution is -2.45. The molecule has 2 fully saturated rings. The van der Waals surface area contributed by atoms with E-state index in [1.807, 2.05) is 23.1 Å². The fraction of sp³-hybridized carbons (Fsp3) is 0.588. The van der Waals surface area contributed by atoms with Crippen LogP contribution in [0, 0.1) is 5.92 Å². The monoisotopic (exact) mass is 340 g/mol. The molecular formula is C17H25ClN2OS. The van der Waals surface area contributed by atoms with Gasteiger partial charge in [0.15, 0.2) is 0 Å². The van der Waals surface area contributed by atoms with Crippen LogP contribution in [-0.4, -0.2) is 42.2 Å². The molecule has 1 heterocycles. The lowest BCUT2D eigenvalue weighted by atomic mass is 10.0. The largest absolute Gasteiger partial charge is 0.342 e. The first-order chi connectivity index (χ1) is 10.3. The number of hydrogen-bond acceptors (Lipinski definition) is 3. The zero-order chi connectivity index (χ0) is 14.5. The highest BCUT2D eigenvalue weighted by molar-refractivity contribution is 8.00. The Morgan fingerprint density at radius 1 is 1.14 bits per heavy atom. The second kappa shape index (κ2) is 8.80. The van der Waals surface area contributed by atoms with Gasteiger partial charge in [-0.1, -0.05) is 18.2 Å².